The number of imide groups is 1. The molecule has 0 aromatic heterocycles. The Labute approximate surface area is 199 Å². The van der Waals surface area contributed by atoms with Crippen molar-refractivity contribution in [2.24, 2.45) is 5.92 Å². The van der Waals surface area contributed by atoms with Crippen LogP contribution in [0, 0.1) is 5.92 Å². The van der Waals surface area contributed by atoms with Crippen molar-refractivity contribution < 1.29 is 23.9 Å². The molecule has 2 aromatic rings. The lowest BCUT2D eigenvalue weighted by Gasteiger charge is -2.36. The minimum atomic E-state index is -0.289. The summed E-state index contributed by atoms with van der Waals surface area (Å²) in [6.45, 7) is 5.70. The Bertz CT molecular complexity index is 1150. The lowest BCUT2D eigenvalue weighted by molar-refractivity contribution is -0.136. The molecule has 5 rings (SSSR count). The molecule has 0 aliphatic carbocycles. The van der Waals surface area contributed by atoms with Gasteiger partial charge in [-0.1, -0.05) is 12.1 Å². The van der Waals surface area contributed by atoms with Crippen LogP contribution in [0.2, 0.25) is 0 Å². The summed E-state index contributed by atoms with van der Waals surface area (Å²) in [5.41, 5.74) is 2.46. The second-order valence-electron chi connectivity index (χ2n) is 9.39. The van der Waals surface area contributed by atoms with Gasteiger partial charge in [0, 0.05) is 32.1 Å². The van der Waals surface area contributed by atoms with E-state index in [1.165, 1.54) is 4.90 Å². The van der Waals surface area contributed by atoms with Crippen LogP contribution in [0.4, 0.5) is 5.69 Å². The van der Waals surface area contributed by atoms with Gasteiger partial charge >= 0.3 is 0 Å². The fourth-order valence-corrected chi connectivity index (χ4v) is 4.85. The molecule has 0 atom stereocenters. The van der Waals surface area contributed by atoms with Gasteiger partial charge in [-0.2, -0.15) is 0 Å². The third kappa shape index (κ3) is 3.77. The lowest BCUT2D eigenvalue weighted by Crippen LogP contribution is -2.43. The van der Waals surface area contributed by atoms with Crippen LogP contribution in [0.3, 0.4) is 0 Å². The number of benzene rings is 2. The Kier molecular flexibility index (Phi) is 5.67. The summed E-state index contributed by atoms with van der Waals surface area (Å²) >= 11 is 0. The fraction of sp³-hybridized carbons (Fsp3) is 0.423. The Morgan fingerprint density at radius 3 is 2.53 bits per heavy atom. The van der Waals surface area contributed by atoms with Gasteiger partial charge in [0.05, 0.1) is 23.4 Å². The average Bonchev–Trinajstić information content (AvgIpc) is 3.41. The van der Waals surface area contributed by atoms with E-state index in [2.05, 4.69) is 4.90 Å². The molecule has 0 radical (unpaired) electrons. The highest BCUT2D eigenvalue weighted by molar-refractivity contribution is 6.23. The van der Waals surface area contributed by atoms with Crippen molar-refractivity contribution in [2.45, 2.75) is 39.3 Å². The molecule has 8 heteroatoms. The lowest BCUT2D eigenvalue weighted by atomic mass is 9.93. The van der Waals surface area contributed by atoms with E-state index in [1.807, 2.05) is 45.2 Å². The van der Waals surface area contributed by atoms with Crippen LogP contribution in [0.1, 0.15) is 53.0 Å². The van der Waals surface area contributed by atoms with Gasteiger partial charge in [0.1, 0.15) is 0 Å². The number of fused-ring (bicyclic) bond motifs is 2. The largest absolute Gasteiger partial charge is 0.454 e. The van der Waals surface area contributed by atoms with E-state index >= 15 is 0 Å². The van der Waals surface area contributed by atoms with Gasteiger partial charge in [-0.15, -0.1) is 0 Å². The van der Waals surface area contributed by atoms with E-state index in [9.17, 15) is 14.4 Å². The quantitative estimate of drug-likeness (QED) is 0.633. The maximum Gasteiger partial charge on any atom is 0.263 e. The van der Waals surface area contributed by atoms with Gasteiger partial charge in [0.25, 0.3) is 11.8 Å². The van der Waals surface area contributed by atoms with Crippen LogP contribution >= 0.6 is 0 Å². The van der Waals surface area contributed by atoms with Crippen molar-refractivity contribution in [3.05, 3.63) is 53.1 Å². The SMILES string of the molecule is CC(C)N(C)C(=O)C1CCN(c2cccc3c2C(=O)N(Cc2ccc4c(c2)OCO4)C3=O)CC1. The molecule has 0 N–H and O–H groups in total. The van der Waals surface area contributed by atoms with E-state index in [1.54, 1.807) is 17.0 Å². The predicted molar refractivity (Wildman–Crippen MR) is 126 cm³/mol. The number of piperidine rings is 1. The fourth-order valence-electron chi connectivity index (χ4n) is 4.85. The number of ether oxygens (including phenoxy) is 2. The number of carbonyl (C=O) groups is 3. The van der Waals surface area contributed by atoms with Gasteiger partial charge in [-0.3, -0.25) is 19.3 Å². The Morgan fingerprint density at radius 2 is 1.79 bits per heavy atom. The smallest absolute Gasteiger partial charge is 0.263 e. The third-order valence-electron chi connectivity index (χ3n) is 7.06. The van der Waals surface area contributed by atoms with Crippen molar-refractivity contribution in [1.29, 1.82) is 0 Å². The maximum atomic E-state index is 13.4. The van der Waals surface area contributed by atoms with Crippen LogP contribution < -0.4 is 14.4 Å². The molecule has 3 aliphatic rings. The first-order valence-electron chi connectivity index (χ1n) is 11.7. The summed E-state index contributed by atoms with van der Waals surface area (Å²) in [5.74, 6) is 0.869. The van der Waals surface area contributed by atoms with Crippen LogP contribution in [0.25, 0.3) is 0 Å². The van der Waals surface area contributed by atoms with E-state index in [4.69, 9.17) is 9.47 Å². The minimum Gasteiger partial charge on any atom is -0.454 e. The highest BCUT2D eigenvalue weighted by atomic mass is 16.7. The highest BCUT2D eigenvalue weighted by Gasteiger charge is 2.39. The summed E-state index contributed by atoms with van der Waals surface area (Å²) in [4.78, 5) is 44.5. The highest BCUT2D eigenvalue weighted by Crippen LogP contribution is 2.36. The Morgan fingerprint density at radius 1 is 1.06 bits per heavy atom. The summed E-state index contributed by atoms with van der Waals surface area (Å²) < 4.78 is 10.8. The third-order valence-corrected chi connectivity index (χ3v) is 7.06. The number of carbonyl (C=O) groups excluding carboxylic acids is 3. The number of nitrogens with zero attached hydrogens (tertiary/aromatic N) is 3. The molecule has 3 aliphatic heterocycles. The molecule has 0 spiro atoms. The molecule has 2 aromatic carbocycles. The Balaban J connectivity index is 1.33. The molecule has 1 saturated heterocycles. The first-order valence-corrected chi connectivity index (χ1v) is 11.7. The van der Waals surface area contributed by atoms with Crippen molar-refractivity contribution in [1.82, 2.24) is 9.80 Å². The average molecular weight is 464 g/mol. The van der Waals surface area contributed by atoms with E-state index < -0.39 is 0 Å². The topological polar surface area (TPSA) is 79.4 Å². The van der Waals surface area contributed by atoms with Gasteiger partial charge in [-0.05, 0) is 56.5 Å². The van der Waals surface area contributed by atoms with Crippen LogP contribution in [-0.2, 0) is 11.3 Å². The van der Waals surface area contributed by atoms with E-state index in [0.29, 0.717) is 35.7 Å². The predicted octanol–water partition coefficient (Wildman–Crippen LogP) is 3.29. The van der Waals surface area contributed by atoms with Crippen LogP contribution in [0.5, 0.6) is 11.5 Å². The second-order valence-corrected chi connectivity index (χ2v) is 9.39. The second kappa shape index (κ2) is 8.66. The van der Waals surface area contributed by atoms with Gasteiger partial charge < -0.3 is 19.3 Å². The zero-order valence-electron chi connectivity index (χ0n) is 19.7. The molecule has 1 fully saturated rings. The van der Waals surface area contributed by atoms with E-state index in [-0.39, 0.29) is 43.0 Å². The standard InChI is InChI=1S/C26H29N3O5/c1-16(2)27(3)24(30)18-9-11-28(12-10-18)20-6-4-5-19-23(20)26(32)29(25(19)31)14-17-7-8-21-22(13-17)34-15-33-21/h4-8,13,16,18H,9-12,14-15H2,1-3H3. The summed E-state index contributed by atoms with van der Waals surface area (Å²) in [5, 5.41) is 0. The molecule has 178 valence electrons. The van der Waals surface area contributed by atoms with Crippen LogP contribution in [-0.4, -0.2) is 60.5 Å². The maximum absolute atomic E-state index is 13.4. The summed E-state index contributed by atoms with van der Waals surface area (Å²) in [7, 11) is 1.85. The molecule has 8 nitrogen and oxygen atoms in total. The molecule has 3 heterocycles. The molecule has 0 saturated carbocycles. The first kappa shape index (κ1) is 22.3. The molecular weight excluding hydrogens is 434 g/mol. The molecule has 3 amide bonds. The van der Waals surface area contributed by atoms with Crippen molar-refractivity contribution in [2.75, 3.05) is 31.8 Å². The van der Waals surface area contributed by atoms with Crippen LogP contribution in [0.15, 0.2) is 36.4 Å². The number of hydrogen-bond donors (Lipinski definition) is 0. The number of hydrogen-bond acceptors (Lipinski definition) is 6. The summed E-state index contributed by atoms with van der Waals surface area (Å²) in [6.07, 6.45) is 1.45. The number of anilines is 1. The monoisotopic (exact) mass is 463 g/mol. The van der Waals surface area contributed by atoms with Crippen molar-refractivity contribution >= 4 is 23.4 Å². The minimum absolute atomic E-state index is 0.0137. The molecule has 0 unspecified atom stereocenters. The van der Waals surface area contributed by atoms with Gasteiger partial charge in [0.15, 0.2) is 11.5 Å². The number of amides is 3. The molecule has 34 heavy (non-hydrogen) atoms. The van der Waals surface area contributed by atoms with Crippen molar-refractivity contribution in [3.8, 4) is 11.5 Å². The number of rotatable bonds is 5. The first-order chi connectivity index (χ1) is 16.3. The Hall–Kier alpha value is -3.55. The zero-order chi connectivity index (χ0) is 24.0. The molecule has 0 bridgehead atoms. The van der Waals surface area contributed by atoms with Crippen molar-refractivity contribution in [3.63, 3.8) is 0 Å². The summed E-state index contributed by atoms with van der Waals surface area (Å²) in [6, 6.07) is 11.1. The normalized spacial score (nSPS) is 17.5. The zero-order valence-corrected chi connectivity index (χ0v) is 19.7. The molecular formula is C26H29N3O5. The van der Waals surface area contributed by atoms with Gasteiger partial charge in [-0.25, -0.2) is 0 Å². The van der Waals surface area contributed by atoms with Gasteiger partial charge in [0.2, 0.25) is 12.7 Å². The van der Waals surface area contributed by atoms with E-state index in [0.717, 1.165) is 24.1 Å².